The average molecular weight is 412 g/mol. The molecule has 0 bridgehead atoms. The number of nitriles is 1. The van der Waals surface area contributed by atoms with E-state index in [1.54, 1.807) is 0 Å². The quantitative estimate of drug-likeness (QED) is 0.430. The van der Waals surface area contributed by atoms with Gasteiger partial charge in [0, 0.05) is 15.8 Å². The SMILES string of the molecule is CCc1c(C)sc(NC(=O)c2c(C)c(-c3ccccc3)nc3ccccc23)c1C#N. The number of carbonyl (C=O) groups is 1. The van der Waals surface area contributed by atoms with Gasteiger partial charge in [0.25, 0.3) is 5.91 Å². The highest BCUT2D eigenvalue weighted by molar-refractivity contribution is 7.16. The molecule has 4 nitrogen and oxygen atoms in total. The number of amides is 1. The molecule has 0 unspecified atom stereocenters. The molecule has 0 fully saturated rings. The summed E-state index contributed by atoms with van der Waals surface area (Å²) in [5.41, 5.74) is 5.49. The first-order valence-electron chi connectivity index (χ1n) is 9.83. The Labute approximate surface area is 179 Å². The number of anilines is 1. The zero-order chi connectivity index (χ0) is 21.3. The molecule has 148 valence electrons. The summed E-state index contributed by atoms with van der Waals surface area (Å²) in [4.78, 5) is 19.4. The predicted molar refractivity (Wildman–Crippen MR) is 123 cm³/mol. The highest BCUT2D eigenvalue weighted by atomic mass is 32.1. The molecular formula is C25H21N3OS. The van der Waals surface area contributed by atoms with E-state index in [1.807, 2.05) is 75.4 Å². The number of hydrogen-bond donors (Lipinski definition) is 1. The van der Waals surface area contributed by atoms with Gasteiger partial charge in [-0.15, -0.1) is 11.3 Å². The Hall–Kier alpha value is -3.49. The van der Waals surface area contributed by atoms with Crippen LogP contribution >= 0.6 is 11.3 Å². The third kappa shape index (κ3) is 3.36. The van der Waals surface area contributed by atoms with Crippen molar-refractivity contribution >= 4 is 33.1 Å². The highest BCUT2D eigenvalue weighted by Crippen LogP contribution is 2.35. The molecule has 0 aliphatic rings. The van der Waals surface area contributed by atoms with Gasteiger partial charge in [-0.2, -0.15) is 5.26 Å². The molecule has 0 aliphatic carbocycles. The molecule has 5 heteroatoms. The third-order valence-corrected chi connectivity index (χ3v) is 6.37. The number of nitrogens with one attached hydrogen (secondary N) is 1. The van der Waals surface area contributed by atoms with Crippen LogP contribution in [-0.2, 0) is 6.42 Å². The number of nitrogens with zero attached hydrogens (tertiary/aromatic N) is 2. The Morgan fingerprint density at radius 2 is 1.80 bits per heavy atom. The van der Waals surface area contributed by atoms with E-state index in [2.05, 4.69) is 11.4 Å². The second-order valence-corrected chi connectivity index (χ2v) is 8.33. The number of carbonyl (C=O) groups excluding carboxylic acids is 1. The molecule has 1 amide bonds. The minimum Gasteiger partial charge on any atom is -0.312 e. The summed E-state index contributed by atoms with van der Waals surface area (Å²) >= 11 is 1.45. The number of rotatable bonds is 4. The van der Waals surface area contributed by atoms with Crippen molar-refractivity contribution in [3.8, 4) is 17.3 Å². The molecular weight excluding hydrogens is 390 g/mol. The van der Waals surface area contributed by atoms with Crippen molar-refractivity contribution in [1.82, 2.24) is 4.98 Å². The molecule has 1 N–H and O–H groups in total. The van der Waals surface area contributed by atoms with E-state index in [0.29, 0.717) is 16.1 Å². The molecule has 4 rings (SSSR count). The van der Waals surface area contributed by atoms with Crippen LogP contribution in [0.1, 0.15) is 38.8 Å². The van der Waals surface area contributed by atoms with Crippen molar-refractivity contribution in [3.05, 3.63) is 81.7 Å². The topological polar surface area (TPSA) is 65.8 Å². The molecule has 0 aliphatic heterocycles. The maximum Gasteiger partial charge on any atom is 0.257 e. The van der Waals surface area contributed by atoms with E-state index in [-0.39, 0.29) is 5.91 Å². The fourth-order valence-electron chi connectivity index (χ4n) is 3.85. The number of thiophene rings is 1. The number of hydrogen-bond acceptors (Lipinski definition) is 4. The Morgan fingerprint density at radius 1 is 1.10 bits per heavy atom. The summed E-state index contributed by atoms with van der Waals surface area (Å²) in [6.45, 7) is 5.94. The van der Waals surface area contributed by atoms with Gasteiger partial charge in [0.05, 0.1) is 22.3 Å². The van der Waals surface area contributed by atoms with Crippen LogP contribution in [0.25, 0.3) is 22.2 Å². The van der Waals surface area contributed by atoms with Crippen LogP contribution in [0.15, 0.2) is 54.6 Å². The predicted octanol–water partition coefficient (Wildman–Crippen LogP) is 6.27. The molecule has 0 atom stereocenters. The molecule has 2 heterocycles. The number of fused-ring (bicyclic) bond motifs is 1. The largest absolute Gasteiger partial charge is 0.312 e. The van der Waals surface area contributed by atoms with Crippen molar-refractivity contribution < 1.29 is 4.79 Å². The van der Waals surface area contributed by atoms with Crippen LogP contribution in [0.4, 0.5) is 5.00 Å². The molecule has 4 aromatic rings. The summed E-state index contributed by atoms with van der Waals surface area (Å²) in [5, 5.41) is 14.1. The first-order chi connectivity index (χ1) is 14.5. The minimum absolute atomic E-state index is 0.219. The van der Waals surface area contributed by atoms with Gasteiger partial charge in [0.15, 0.2) is 0 Å². The first-order valence-corrected chi connectivity index (χ1v) is 10.6. The van der Waals surface area contributed by atoms with Crippen molar-refractivity contribution in [3.63, 3.8) is 0 Å². The van der Waals surface area contributed by atoms with Crippen molar-refractivity contribution in [1.29, 1.82) is 5.26 Å². The highest BCUT2D eigenvalue weighted by Gasteiger charge is 2.22. The number of para-hydroxylation sites is 1. The van der Waals surface area contributed by atoms with Gasteiger partial charge < -0.3 is 5.32 Å². The lowest BCUT2D eigenvalue weighted by Gasteiger charge is -2.14. The van der Waals surface area contributed by atoms with Crippen molar-refractivity contribution in [2.24, 2.45) is 0 Å². The van der Waals surface area contributed by atoms with E-state index in [1.165, 1.54) is 11.3 Å². The number of aromatic nitrogens is 1. The summed E-state index contributed by atoms with van der Waals surface area (Å²) < 4.78 is 0. The van der Waals surface area contributed by atoms with Crippen LogP contribution in [-0.4, -0.2) is 10.9 Å². The minimum atomic E-state index is -0.219. The van der Waals surface area contributed by atoms with Crippen molar-refractivity contribution in [2.45, 2.75) is 27.2 Å². The molecule has 0 saturated carbocycles. The lowest BCUT2D eigenvalue weighted by molar-refractivity contribution is 0.102. The zero-order valence-electron chi connectivity index (χ0n) is 17.1. The van der Waals surface area contributed by atoms with E-state index in [4.69, 9.17) is 4.98 Å². The second kappa shape index (κ2) is 8.10. The van der Waals surface area contributed by atoms with Crippen LogP contribution in [0.3, 0.4) is 0 Å². The summed E-state index contributed by atoms with van der Waals surface area (Å²) in [5.74, 6) is -0.219. The van der Waals surface area contributed by atoms with Gasteiger partial charge in [0.1, 0.15) is 11.1 Å². The van der Waals surface area contributed by atoms with Gasteiger partial charge in [-0.3, -0.25) is 4.79 Å². The van der Waals surface area contributed by atoms with E-state index < -0.39 is 0 Å². The van der Waals surface area contributed by atoms with Gasteiger partial charge >= 0.3 is 0 Å². The summed E-state index contributed by atoms with van der Waals surface area (Å²) in [7, 11) is 0. The Balaban J connectivity index is 1.87. The third-order valence-electron chi connectivity index (χ3n) is 5.31. The van der Waals surface area contributed by atoms with Crippen LogP contribution < -0.4 is 5.32 Å². The maximum atomic E-state index is 13.5. The second-order valence-electron chi connectivity index (χ2n) is 7.10. The smallest absolute Gasteiger partial charge is 0.257 e. The molecule has 0 spiro atoms. The fraction of sp³-hybridized carbons (Fsp3) is 0.160. The van der Waals surface area contributed by atoms with Crippen LogP contribution in [0, 0.1) is 25.2 Å². The van der Waals surface area contributed by atoms with Gasteiger partial charge in [-0.25, -0.2) is 4.98 Å². The van der Waals surface area contributed by atoms with Gasteiger partial charge in [-0.1, -0.05) is 55.5 Å². The molecule has 30 heavy (non-hydrogen) atoms. The van der Waals surface area contributed by atoms with E-state index in [0.717, 1.165) is 44.6 Å². The Bertz CT molecular complexity index is 1300. The lowest BCUT2D eigenvalue weighted by atomic mass is 9.97. The molecule has 0 saturated heterocycles. The fourth-order valence-corrected chi connectivity index (χ4v) is 4.94. The normalized spacial score (nSPS) is 10.7. The summed E-state index contributed by atoms with van der Waals surface area (Å²) in [6.07, 6.45) is 0.760. The van der Waals surface area contributed by atoms with Crippen LogP contribution in [0.2, 0.25) is 0 Å². The number of pyridine rings is 1. The lowest BCUT2D eigenvalue weighted by Crippen LogP contribution is -2.15. The number of aryl methyl sites for hydroxylation is 1. The molecule has 0 radical (unpaired) electrons. The zero-order valence-corrected chi connectivity index (χ0v) is 17.9. The molecule has 2 aromatic carbocycles. The summed E-state index contributed by atoms with van der Waals surface area (Å²) in [6, 6.07) is 19.8. The van der Waals surface area contributed by atoms with Gasteiger partial charge in [0.2, 0.25) is 0 Å². The van der Waals surface area contributed by atoms with E-state index >= 15 is 0 Å². The Morgan fingerprint density at radius 3 is 2.50 bits per heavy atom. The van der Waals surface area contributed by atoms with E-state index in [9.17, 15) is 10.1 Å². The Kier molecular flexibility index (Phi) is 5.35. The van der Waals surface area contributed by atoms with Crippen molar-refractivity contribution in [2.75, 3.05) is 5.32 Å². The molecule has 2 aromatic heterocycles. The van der Waals surface area contributed by atoms with Crippen LogP contribution in [0.5, 0.6) is 0 Å². The standard InChI is InChI=1S/C25H21N3OS/c1-4-18-16(3)30-25(20(18)14-26)28-24(29)22-15(2)23(17-10-6-5-7-11-17)27-21-13-9-8-12-19(21)22/h5-13H,4H2,1-3H3,(H,28,29). The first kappa shape index (κ1) is 19.8. The number of benzene rings is 2. The average Bonchev–Trinajstić information content (AvgIpc) is 3.07. The monoisotopic (exact) mass is 411 g/mol. The van der Waals surface area contributed by atoms with Gasteiger partial charge in [-0.05, 0) is 37.5 Å². The maximum absolute atomic E-state index is 13.5.